The van der Waals surface area contributed by atoms with Crippen LogP contribution >= 0.6 is 0 Å². The Bertz CT molecular complexity index is 1040. The molecule has 9 heteroatoms. The van der Waals surface area contributed by atoms with Crippen LogP contribution in [-0.4, -0.2) is 69.6 Å². The molecule has 0 unspecified atom stereocenters. The average Bonchev–Trinajstić information content (AvgIpc) is 3.40. The Morgan fingerprint density at radius 2 is 1.62 bits per heavy atom. The van der Waals surface area contributed by atoms with Crippen molar-refractivity contribution in [3.05, 3.63) is 61.2 Å². The van der Waals surface area contributed by atoms with Gasteiger partial charge in [0, 0.05) is 69.3 Å². The maximum atomic E-state index is 13.2. The fraction of sp³-hybridized carbons (Fsp3) is 0.391. The van der Waals surface area contributed by atoms with Gasteiger partial charge in [0.2, 0.25) is 5.91 Å². The quantitative estimate of drug-likeness (QED) is 0.627. The van der Waals surface area contributed by atoms with Gasteiger partial charge in [-0.1, -0.05) is 0 Å². The summed E-state index contributed by atoms with van der Waals surface area (Å²) in [7, 11) is 0. The van der Waals surface area contributed by atoms with Gasteiger partial charge < -0.3 is 14.7 Å². The number of anilines is 2. The summed E-state index contributed by atoms with van der Waals surface area (Å²) < 4.78 is 15.0. The maximum Gasteiger partial charge on any atom is 0.225 e. The summed E-state index contributed by atoms with van der Waals surface area (Å²) in [6.45, 7) is 4.55. The van der Waals surface area contributed by atoms with Gasteiger partial charge in [0.05, 0.1) is 0 Å². The largest absolute Gasteiger partial charge is 0.368 e. The Balaban J connectivity index is 1.14. The lowest BCUT2D eigenvalue weighted by Gasteiger charge is -2.39. The molecule has 8 nitrogen and oxygen atoms in total. The second-order valence-electron chi connectivity index (χ2n) is 8.25. The Hall–Kier alpha value is -3.49. The van der Waals surface area contributed by atoms with E-state index in [1.54, 1.807) is 31.0 Å². The molecule has 2 saturated heterocycles. The van der Waals surface area contributed by atoms with Crippen LogP contribution in [0.25, 0.3) is 5.82 Å². The SMILES string of the molecule is O=C(C1CCN(c2cc(-n3ccnc3)ncn2)CC1)N1CCN(c2ccc(F)cc2)CC1. The molecule has 5 rings (SSSR count). The molecule has 0 saturated carbocycles. The third-order valence-corrected chi connectivity index (χ3v) is 6.36. The first-order valence-electron chi connectivity index (χ1n) is 11.0. The van der Waals surface area contributed by atoms with Gasteiger partial charge in [0.15, 0.2) is 0 Å². The number of aromatic nitrogens is 4. The van der Waals surface area contributed by atoms with Crippen molar-refractivity contribution in [3.8, 4) is 5.82 Å². The lowest BCUT2D eigenvalue weighted by atomic mass is 9.95. The second kappa shape index (κ2) is 8.94. The Labute approximate surface area is 186 Å². The van der Waals surface area contributed by atoms with Gasteiger partial charge in [-0.05, 0) is 37.1 Å². The van der Waals surface area contributed by atoms with Crippen molar-refractivity contribution in [2.45, 2.75) is 12.8 Å². The molecule has 2 aliphatic heterocycles. The molecule has 2 aromatic heterocycles. The van der Waals surface area contributed by atoms with E-state index in [0.717, 1.165) is 56.3 Å². The number of piperidine rings is 1. The Morgan fingerprint density at radius 3 is 2.31 bits per heavy atom. The van der Waals surface area contributed by atoms with Crippen molar-refractivity contribution in [1.29, 1.82) is 0 Å². The van der Waals surface area contributed by atoms with Gasteiger partial charge in [-0.3, -0.25) is 9.36 Å². The third kappa shape index (κ3) is 4.28. The molecular weight excluding hydrogens is 409 g/mol. The van der Waals surface area contributed by atoms with Gasteiger partial charge >= 0.3 is 0 Å². The van der Waals surface area contributed by atoms with Crippen molar-refractivity contribution >= 4 is 17.4 Å². The van der Waals surface area contributed by atoms with E-state index in [1.807, 2.05) is 21.7 Å². The van der Waals surface area contributed by atoms with E-state index in [9.17, 15) is 9.18 Å². The highest BCUT2D eigenvalue weighted by atomic mass is 19.1. The number of piperazine rings is 1. The van der Waals surface area contributed by atoms with Crippen LogP contribution in [0, 0.1) is 11.7 Å². The molecule has 0 N–H and O–H groups in total. The van der Waals surface area contributed by atoms with Crippen LogP contribution in [0.15, 0.2) is 55.4 Å². The molecule has 3 aromatic rings. The number of carbonyl (C=O) groups excluding carboxylic acids is 1. The first-order chi connectivity index (χ1) is 15.7. The van der Waals surface area contributed by atoms with Gasteiger partial charge in [-0.25, -0.2) is 19.3 Å². The van der Waals surface area contributed by atoms with E-state index in [2.05, 4.69) is 24.8 Å². The minimum Gasteiger partial charge on any atom is -0.368 e. The fourth-order valence-electron chi connectivity index (χ4n) is 4.50. The number of hydrogen-bond acceptors (Lipinski definition) is 6. The van der Waals surface area contributed by atoms with Crippen molar-refractivity contribution in [2.75, 3.05) is 49.1 Å². The topological polar surface area (TPSA) is 70.4 Å². The lowest BCUT2D eigenvalue weighted by molar-refractivity contribution is -0.136. The zero-order valence-corrected chi connectivity index (χ0v) is 17.8. The minimum absolute atomic E-state index is 0.0542. The molecule has 0 radical (unpaired) electrons. The van der Waals surface area contributed by atoms with Crippen LogP contribution in [0.1, 0.15) is 12.8 Å². The van der Waals surface area contributed by atoms with E-state index < -0.39 is 0 Å². The Kier molecular flexibility index (Phi) is 5.70. The van der Waals surface area contributed by atoms with Crippen molar-refractivity contribution in [3.63, 3.8) is 0 Å². The number of rotatable bonds is 4. The normalized spacial score (nSPS) is 17.6. The van der Waals surface area contributed by atoms with E-state index in [1.165, 1.54) is 12.1 Å². The molecule has 0 atom stereocenters. The van der Waals surface area contributed by atoms with E-state index >= 15 is 0 Å². The highest BCUT2D eigenvalue weighted by Gasteiger charge is 2.31. The van der Waals surface area contributed by atoms with Gasteiger partial charge in [0.25, 0.3) is 0 Å². The summed E-state index contributed by atoms with van der Waals surface area (Å²) >= 11 is 0. The molecule has 4 heterocycles. The second-order valence-corrected chi connectivity index (χ2v) is 8.25. The van der Waals surface area contributed by atoms with Crippen LogP contribution < -0.4 is 9.80 Å². The number of halogens is 1. The summed E-state index contributed by atoms with van der Waals surface area (Å²) in [6.07, 6.45) is 8.50. The van der Waals surface area contributed by atoms with Gasteiger partial charge in [0.1, 0.15) is 30.1 Å². The third-order valence-electron chi connectivity index (χ3n) is 6.36. The van der Waals surface area contributed by atoms with Crippen molar-refractivity contribution in [1.82, 2.24) is 24.4 Å². The molecule has 2 aliphatic rings. The van der Waals surface area contributed by atoms with E-state index in [4.69, 9.17) is 0 Å². The highest BCUT2D eigenvalue weighted by Crippen LogP contribution is 2.25. The van der Waals surface area contributed by atoms with Crippen LogP contribution in [0.2, 0.25) is 0 Å². The monoisotopic (exact) mass is 435 g/mol. The first kappa shape index (κ1) is 20.4. The maximum absolute atomic E-state index is 13.2. The minimum atomic E-state index is -0.228. The molecule has 32 heavy (non-hydrogen) atoms. The van der Waals surface area contributed by atoms with Crippen LogP contribution in [0.3, 0.4) is 0 Å². The molecule has 0 spiro atoms. The first-order valence-corrected chi connectivity index (χ1v) is 11.0. The number of nitrogens with zero attached hydrogens (tertiary/aromatic N) is 7. The summed E-state index contributed by atoms with van der Waals surface area (Å²) in [6, 6.07) is 8.52. The predicted octanol–water partition coefficient (Wildman–Crippen LogP) is 2.37. The highest BCUT2D eigenvalue weighted by molar-refractivity contribution is 5.79. The van der Waals surface area contributed by atoms with Crippen LogP contribution in [0.5, 0.6) is 0 Å². The average molecular weight is 436 g/mol. The zero-order chi connectivity index (χ0) is 21.9. The van der Waals surface area contributed by atoms with Crippen molar-refractivity contribution in [2.24, 2.45) is 5.92 Å². The molecule has 166 valence electrons. The van der Waals surface area contributed by atoms with Crippen LogP contribution in [-0.2, 0) is 4.79 Å². The number of hydrogen-bond donors (Lipinski definition) is 0. The predicted molar refractivity (Wildman–Crippen MR) is 119 cm³/mol. The standard InChI is InChI=1S/C23H26FN7O/c24-19-1-3-20(4-2-19)28-11-13-30(14-12-28)23(32)18-5-8-29(9-6-18)21-15-22(27-16-26-21)31-10-7-25-17-31/h1-4,7,10,15-18H,5-6,8-9,11-14H2. The Morgan fingerprint density at radius 1 is 0.906 bits per heavy atom. The van der Waals surface area contributed by atoms with Crippen molar-refractivity contribution < 1.29 is 9.18 Å². The van der Waals surface area contributed by atoms with Gasteiger partial charge in [-0.2, -0.15) is 0 Å². The summed E-state index contributed by atoms with van der Waals surface area (Å²) in [5.74, 6) is 1.74. The molecule has 1 aromatic carbocycles. The molecule has 0 bridgehead atoms. The zero-order valence-electron chi connectivity index (χ0n) is 17.8. The van der Waals surface area contributed by atoms with E-state index in [0.29, 0.717) is 13.1 Å². The summed E-state index contributed by atoms with van der Waals surface area (Å²) in [5, 5.41) is 0. The molecule has 1 amide bonds. The summed E-state index contributed by atoms with van der Waals surface area (Å²) in [4.78, 5) is 32.3. The molecule has 2 fully saturated rings. The molecule has 0 aliphatic carbocycles. The smallest absolute Gasteiger partial charge is 0.225 e. The fourth-order valence-corrected chi connectivity index (χ4v) is 4.50. The van der Waals surface area contributed by atoms with Gasteiger partial charge in [-0.15, -0.1) is 0 Å². The number of carbonyl (C=O) groups is 1. The summed E-state index contributed by atoms with van der Waals surface area (Å²) in [5.41, 5.74) is 1.01. The van der Waals surface area contributed by atoms with Crippen LogP contribution in [0.4, 0.5) is 15.9 Å². The molecular formula is C23H26FN7O. The number of benzene rings is 1. The number of imidazole rings is 1. The lowest BCUT2D eigenvalue weighted by Crippen LogP contribution is -2.51. The number of amides is 1. The van der Waals surface area contributed by atoms with E-state index in [-0.39, 0.29) is 17.6 Å².